The highest BCUT2D eigenvalue weighted by Crippen LogP contribution is 2.16. The number of rotatable bonds is 5. The van der Waals surface area contributed by atoms with Gasteiger partial charge >= 0.3 is 0 Å². The van der Waals surface area contributed by atoms with Crippen molar-refractivity contribution < 1.29 is 0 Å². The van der Waals surface area contributed by atoms with Gasteiger partial charge in [-0.2, -0.15) is 0 Å². The Hall–Kier alpha value is -0.670. The third kappa shape index (κ3) is 3.28. The third-order valence-electron chi connectivity index (χ3n) is 1.81. The molecule has 0 fully saturated rings. The summed E-state index contributed by atoms with van der Waals surface area (Å²) >= 11 is 1.72. The Morgan fingerprint density at radius 2 is 2.54 bits per heavy atom. The largest absolute Gasteiger partial charge is 0.308 e. The maximum Gasteiger partial charge on any atom is 0.110 e. The van der Waals surface area contributed by atoms with Gasteiger partial charge in [0, 0.05) is 11.1 Å². The van der Waals surface area contributed by atoms with Crippen LogP contribution in [0.1, 0.15) is 30.1 Å². The summed E-state index contributed by atoms with van der Waals surface area (Å²) in [5.74, 6) is 0. The first-order chi connectivity index (χ1) is 6.24. The molecular formula is C10H16N2S. The summed E-state index contributed by atoms with van der Waals surface area (Å²) in [6, 6.07) is 0.360. The Labute approximate surface area is 83.7 Å². The minimum atomic E-state index is 0.360. The van der Waals surface area contributed by atoms with Gasteiger partial charge in [-0.3, -0.25) is 0 Å². The second-order valence-electron chi connectivity index (χ2n) is 3.08. The maximum atomic E-state index is 4.42. The highest BCUT2D eigenvalue weighted by molar-refractivity contribution is 7.09. The lowest BCUT2D eigenvalue weighted by atomic mass is 10.3. The average molecular weight is 196 g/mol. The van der Waals surface area contributed by atoms with Gasteiger partial charge in [0.2, 0.25) is 0 Å². The fourth-order valence-electron chi connectivity index (χ4n) is 1.06. The molecule has 0 aliphatic rings. The van der Waals surface area contributed by atoms with Crippen LogP contribution in [0.15, 0.2) is 18.0 Å². The molecule has 0 saturated carbocycles. The van der Waals surface area contributed by atoms with Gasteiger partial charge in [-0.15, -0.1) is 17.9 Å². The van der Waals surface area contributed by atoms with E-state index < -0.39 is 0 Å². The Kier molecular flexibility index (Phi) is 4.12. The molecule has 0 aliphatic heterocycles. The minimum Gasteiger partial charge on any atom is -0.308 e. The summed E-state index contributed by atoms with van der Waals surface area (Å²) in [6.45, 7) is 8.82. The molecule has 0 spiro atoms. The molecule has 1 atom stereocenters. The van der Waals surface area contributed by atoms with E-state index >= 15 is 0 Å². The molecule has 1 heterocycles. The lowest BCUT2D eigenvalue weighted by Gasteiger charge is -2.09. The fraction of sp³-hybridized carbons (Fsp3) is 0.500. The minimum absolute atomic E-state index is 0.360. The van der Waals surface area contributed by atoms with Gasteiger partial charge in [0.1, 0.15) is 5.01 Å². The molecule has 0 radical (unpaired) electrons. The zero-order valence-corrected chi connectivity index (χ0v) is 9.03. The molecule has 1 unspecified atom stereocenters. The SMILES string of the molecule is C=CCCNC(C)c1nc(C)cs1. The van der Waals surface area contributed by atoms with Crippen LogP contribution < -0.4 is 5.32 Å². The molecule has 0 aliphatic carbocycles. The Morgan fingerprint density at radius 1 is 1.77 bits per heavy atom. The van der Waals surface area contributed by atoms with Gasteiger partial charge in [0.05, 0.1) is 6.04 Å². The zero-order valence-electron chi connectivity index (χ0n) is 8.21. The van der Waals surface area contributed by atoms with E-state index in [1.54, 1.807) is 11.3 Å². The van der Waals surface area contributed by atoms with Crippen LogP contribution >= 0.6 is 11.3 Å². The molecule has 72 valence electrons. The van der Waals surface area contributed by atoms with Crippen molar-refractivity contribution >= 4 is 11.3 Å². The summed E-state index contributed by atoms with van der Waals surface area (Å²) in [6.07, 6.45) is 2.93. The van der Waals surface area contributed by atoms with Gasteiger partial charge in [-0.1, -0.05) is 6.08 Å². The molecule has 3 heteroatoms. The smallest absolute Gasteiger partial charge is 0.110 e. The van der Waals surface area contributed by atoms with Gasteiger partial charge in [0.25, 0.3) is 0 Å². The van der Waals surface area contributed by atoms with Crippen molar-refractivity contribution in [3.63, 3.8) is 0 Å². The molecule has 13 heavy (non-hydrogen) atoms. The van der Waals surface area contributed by atoms with E-state index in [0.29, 0.717) is 6.04 Å². The number of nitrogens with zero attached hydrogens (tertiary/aromatic N) is 1. The van der Waals surface area contributed by atoms with Crippen LogP contribution in [0.25, 0.3) is 0 Å². The van der Waals surface area contributed by atoms with E-state index in [1.165, 1.54) is 5.01 Å². The van der Waals surface area contributed by atoms with Crippen LogP contribution in [0, 0.1) is 6.92 Å². The quantitative estimate of drug-likeness (QED) is 0.578. The van der Waals surface area contributed by atoms with Crippen LogP contribution in [-0.2, 0) is 0 Å². The average Bonchev–Trinajstić information content (AvgIpc) is 2.52. The van der Waals surface area contributed by atoms with E-state index in [2.05, 4.69) is 29.2 Å². The Balaban J connectivity index is 2.39. The Bertz CT molecular complexity index is 268. The van der Waals surface area contributed by atoms with E-state index in [0.717, 1.165) is 18.7 Å². The van der Waals surface area contributed by atoms with Crippen molar-refractivity contribution in [2.75, 3.05) is 6.54 Å². The first-order valence-corrected chi connectivity index (χ1v) is 5.38. The summed E-state index contributed by atoms with van der Waals surface area (Å²) in [5.41, 5.74) is 1.11. The molecule has 1 aromatic rings. The zero-order chi connectivity index (χ0) is 9.68. The molecule has 1 aromatic heterocycles. The van der Waals surface area contributed by atoms with Crippen molar-refractivity contribution in [1.82, 2.24) is 10.3 Å². The van der Waals surface area contributed by atoms with Crippen LogP contribution in [-0.4, -0.2) is 11.5 Å². The normalized spacial score (nSPS) is 12.8. The topological polar surface area (TPSA) is 24.9 Å². The molecule has 0 bridgehead atoms. The molecule has 0 aromatic carbocycles. The standard InChI is InChI=1S/C10H16N2S/c1-4-5-6-11-9(3)10-12-8(2)7-13-10/h4,7,9,11H,1,5-6H2,2-3H3. The van der Waals surface area contributed by atoms with Crippen LogP contribution in [0.2, 0.25) is 0 Å². The number of thiazole rings is 1. The van der Waals surface area contributed by atoms with Gasteiger partial charge in [-0.25, -0.2) is 4.98 Å². The van der Waals surface area contributed by atoms with Crippen molar-refractivity contribution in [3.8, 4) is 0 Å². The lowest BCUT2D eigenvalue weighted by Crippen LogP contribution is -2.19. The number of hydrogen-bond donors (Lipinski definition) is 1. The number of aromatic nitrogens is 1. The van der Waals surface area contributed by atoms with Crippen molar-refractivity contribution in [2.45, 2.75) is 26.3 Å². The fourth-order valence-corrected chi connectivity index (χ4v) is 1.89. The van der Waals surface area contributed by atoms with E-state index in [4.69, 9.17) is 0 Å². The van der Waals surface area contributed by atoms with Crippen LogP contribution in [0.4, 0.5) is 0 Å². The summed E-state index contributed by atoms with van der Waals surface area (Å²) in [7, 11) is 0. The van der Waals surface area contributed by atoms with Crippen molar-refractivity contribution in [3.05, 3.63) is 28.7 Å². The highest BCUT2D eigenvalue weighted by atomic mass is 32.1. The first kappa shape index (κ1) is 10.4. The number of nitrogens with one attached hydrogen (secondary N) is 1. The monoisotopic (exact) mass is 196 g/mol. The molecule has 2 nitrogen and oxygen atoms in total. The Morgan fingerprint density at radius 3 is 3.08 bits per heavy atom. The van der Waals surface area contributed by atoms with Crippen LogP contribution in [0.3, 0.4) is 0 Å². The molecular weight excluding hydrogens is 180 g/mol. The first-order valence-electron chi connectivity index (χ1n) is 4.50. The molecule has 1 N–H and O–H groups in total. The van der Waals surface area contributed by atoms with Crippen molar-refractivity contribution in [2.24, 2.45) is 0 Å². The third-order valence-corrected chi connectivity index (χ3v) is 2.95. The maximum absolute atomic E-state index is 4.42. The summed E-state index contributed by atoms with van der Waals surface area (Å²) < 4.78 is 0. The number of aryl methyl sites for hydroxylation is 1. The highest BCUT2D eigenvalue weighted by Gasteiger charge is 2.07. The summed E-state index contributed by atoms with van der Waals surface area (Å²) in [4.78, 5) is 4.42. The lowest BCUT2D eigenvalue weighted by molar-refractivity contribution is 0.577. The molecule has 0 saturated heterocycles. The van der Waals surface area contributed by atoms with Gasteiger partial charge < -0.3 is 5.32 Å². The van der Waals surface area contributed by atoms with Crippen molar-refractivity contribution in [1.29, 1.82) is 0 Å². The predicted octanol–water partition coefficient (Wildman–Crippen LogP) is 2.68. The van der Waals surface area contributed by atoms with Gasteiger partial charge in [-0.05, 0) is 26.8 Å². The van der Waals surface area contributed by atoms with E-state index in [-0.39, 0.29) is 0 Å². The van der Waals surface area contributed by atoms with E-state index in [1.807, 2.05) is 13.0 Å². The predicted molar refractivity (Wildman–Crippen MR) is 58.1 cm³/mol. The molecule has 1 rings (SSSR count). The summed E-state index contributed by atoms with van der Waals surface area (Å²) in [5, 5.41) is 6.64. The molecule has 0 amide bonds. The second kappa shape index (κ2) is 5.14. The second-order valence-corrected chi connectivity index (χ2v) is 3.97. The number of hydrogen-bond acceptors (Lipinski definition) is 3. The van der Waals surface area contributed by atoms with Gasteiger partial charge in [0.15, 0.2) is 0 Å². The van der Waals surface area contributed by atoms with Crippen LogP contribution in [0.5, 0.6) is 0 Å². The van der Waals surface area contributed by atoms with E-state index in [9.17, 15) is 0 Å².